The van der Waals surface area contributed by atoms with Crippen LogP contribution in [0.5, 0.6) is 0 Å². The summed E-state index contributed by atoms with van der Waals surface area (Å²) in [6.07, 6.45) is 1.65. The summed E-state index contributed by atoms with van der Waals surface area (Å²) in [5, 5.41) is 9.29. The zero-order chi connectivity index (χ0) is 19.6. The van der Waals surface area contributed by atoms with Gasteiger partial charge in [0.25, 0.3) is 0 Å². The van der Waals surface area contributed by atoms with Crippen molar-refractivity contribution in [2.45, 2.75) is 32.4 Å². The Morgan fingerprint density at radius 1 is 1.30 bits per heavy atom. The normalized spacial score (nSPS) is 11.9. The number of hydrogen-bond donors (Lipinski definition) is 1. The summed E-state index contributed by atoms with van der Waals surface area (Å²) >= 11 is 3.35. The molecule has 0 unspecified atom stereocenters. The SMILES string of the molecule is C[Si](C)(C)CCOCn1c(-c2cccc(C(=O)O)c2)cc2nc(Br)cnc21. The third-order valence-electron chi connectivity index (χ3n) is 4.19. The zero-order valence-electron chi connectivity index (χ0n) is 15.6. The van der Waals surface area contributed by atoms with E-state index in [2.05, 4.69) is 45.5 Å². The van der Waals surface area contributed by atoms with Gasteiger partial charge in [-0.2, -0.15) is 0 Å². The number of halogens is 1. The van der Waals surface area contributed by atoms with Gasteiger partial charge in [0.2, 0.25) is 0 Å². The van der Waals surface area contributed by atoms with E-state index in [1.165, 1.54) is 0 Å². The second-order valence-corrected chi connectivity index (χ2v) is 14.0. The third kappa shape index (κ3) is 4.82. The van der Waals surface area contributed by atoms with E-state index in [1.807, 2.05) is 16.7 Å². The Kier molecular flexibility index (Phi) is 5.78. The van der Waals surface area contributed by atoms with Crippen molar-refractivity contribution < 1.29 is 14.6 Å². The number of fused-ring (bicyclic) bond motifs is 1. The predicted molar refractivity (Wildman–Crippen MR) is 112 cm³/mol. The minimum absolute atomic E-state index is 0.242. The van der Waals surface area contributed by atoms with Gasteiger partial charge in [-0.1, -0.05) is 31.8 Å². The molecule has 0 spiro atoms. The van der Waals surface area contributed by atoms with E-state index in [-0.39, 0.29) is 5.56 Å². The summed E-state index contributed by atoms with van der Waals surface area (Å²) in [4.78, 5) is 20.3. The van der Waals surface area contributed by atoms with Crippen molar-refractivity contribution in [3.63, 3.8) is 0 Å². The molecule has 6 nitrogen and oxygen atoms in total. The first-order chi connectivity index (χ1) is 12.7. The number of ether oxygens (including phenoxy) is 1. The maximum Gasteiger partial charge on any atom is 0.335 e. The molecule has 0 radical (unpaired) electrons. The fourth-order valence-electron chi connectivity index (χ4n) is 2.72. The van der Waals surface area contributed by atoms with Crippen LogP contribution in [0.1, 0.15) is 10.4 Å². The number of carboxylic acids is 1. The van der Waals surface area contributed by atoms with E-state index >= 15 is 0 Å². The Morgan fingerprint density at radius 2 is 2.07 bits per heavy atom. The van der Waals surface area contributed by atoms with Gasteiger partial charge in [-0.15, -0.1) is 0 Å². The van der Waals surface area contributed by atoms with Crippen molar-refractivity contribution in [2.24, 2.45) is 0 Å². The molecule has 0 bridgehead atoms. The molecule has 2 heterocycles. The molecule has 1 N–H and O–H groups in total. The molecular weight excluding hydrogens is 426 g/mol. The molecule has 0 amide bonds. The molecule has 3 rings (SSSR count). The molecule has 2 aromatic heterocycles. The maximum atomic E-state index is 11.3. The first kappa shape index (κ1) is 19.7. The molecule has 142 valence electrons. The summed E-state index contributed by atoms with van der Waals surface area (Å²) in [5.41, 5.74) is 3.31. The van der Waals surface area contributed by atoms with E-state index in [9.17, 15) is 9.90 Å². The first-order valence-corrected chi connectivity index (χ1v) is 13.2. The van der Waals surface area contributed by atoms with E-state index in [4.69, 9.17) is 4.74 Å². The zero-order valence-corrected chi connectivity index (χ0v) is 18.2. The number of hydrogen-bond acceptors (Lipinski definition) is 4. The lowest BCUT2D eigenvalue weighted by Gasteiger charge is -2.16. The lowest BCUT2D eigenvalue weighted by Crippen LogP contribution is -2.22. The summed E-state index contributed by atoms with van der Waals surface area (Å²) in [5.74, 6) is -0.954. The van der Waals surface area contributed by atoms with Crippen LogP contribution < -0.4 is 0 Å². The van der Waals surface area contributed by atoms with Crippen LogP contribution >= 0.6 is 15.9 Å². The average Bonchev–Trinajstić information content (AvgIpc) is 2.95. The molecule has 3 aromatic rings. The van der Waals surface area contributed by atoms with Crippen LogP contribution in [0.15, 0.2) is 41.1 Å². The quantitative estimate of drug-likeness (QED) is 0.412. The minimum Gasteiger partial charge on any atom is -0.478 e. The van der Waals surface area contributed by atoms with E-state index in [0.29, 0.717) is 23.6 Å². The Hall–Kier alpha value is -2.03. The van der Waals surface area contributed by atoms with Crippen LogP contribution in [-0.4, -0.2) is 40.3 Å². The van der Waals surface area contributed by atoms with E-state index in [1.54, 1.807) is 24.4 Å². The lowest BCUT2D eigenvalue weighted by molar-refractivity contribution is 0.0697. The Morgan fingerprint density at radius 3 is 2.78 bits per heavy atom. The van der Waals surface area contributed by atoms with Gasteiger partial charge in [0, 0.05) is 14.7 Å². The third-order valence-corrected chi connectivity index (χ3v) is 6.28. The fraction of sp³-hybridized carbons (Fsp3) is 0.316. The van der Waals surface area contributed by atoms with Crippen LogP contribution in [-0.2, 0) is 11.5 Å². The number of carbonyl (C=O) groups is 1. The fourth-order valence-corrected chi connectivity index (χ4v) is 3.77. The van der Waals surface area contributed by atoms with Crippen molar-refractivity contribution in [3.8, 4) is 11.3 Å². The second-order valence-electron chi connectivity index (χ2n) is 7.59. The molecule has 27 heavy (non-hydrogen) atoms. The summed E-state index contributed by atoms with van der Waals surface area (Å²) in [6.45, 7) is 7.97. The highest BCUT2D eigenvalue weighted by atomic mass is 79.9. The van der Waals surface area contributed by atoms with Gasteiger partial charge in [-0.05, 0) is 45.7 Å². The van der Waals surface area contributed by atoms with Crippen LogP contribution in [0, 0.1) is 0 Å². The van der Waals surface area contributed by atoms with Gasteiger partial charge in [-0.25, -0.2) is 14.8 Å². The maximum absolute atomic E-state index is 11.3. The predicted octanol–water partition coefficient (Wildman–Crippen LogP) is 4.87. The Balaban J connectivity index is 1.98. The standard InChI is InChI=1S/C19H22BrN3O3Si/c1-27(2,3)8-7-26-12-23-16(10-15-18(23)21-11-17(20)22-15)13-5-4-6-14(9-13)19(24)25/h4-6,9-11H,7-8,12H2,1-3H3,(H,24,25). The smallest absolute Gasteiger partial charge is 0.335 e. The van der Waals surface area contributed by atoms with Gasteiger partial charge in [-0.3, -0.25) is 4.57 Å². The second kappa shape index (κ2) is 7.91. The molecule has 0 saturated heterocycles. The van der Waals surface area contributed by atoms with Crippen LogP contribution in [0.4, 0.5) is 0 Å². The van der Waals surface area contributed by atoms with E-state index < -0.39 is 14.0 Å². The van der Waals surface area contributed by atoms with E-state index in [0.717, 1.165) is 22.8 Å². The number of aromatic carboxylic acids is 1. The molecule has 0 aliphatic rings. The minimum atomic E-state index is -1.17. The monoisotopic (exact) mass is 447 g/mol. The molecule has 0 aliphatic heterocycles. The average molecular weight is 448 g/mol. The molecule has 1 aromatic carbocycles. The first-order valence-electron chi connectivity index (χ1n) is 8.68. The number of benzene rings is 1. The topological polar surface area (TPSA) is 77.2 Å². The number of rotatable bonds is 7. The molecule has 8 heteroatoms. The lowest BCUT2D eigenvalue weighted by atomic mass is 10.1. The molecule has 0 atom stereocenters. The molecule has 0 fully saturated rings. The molecule has 0 aliphatic carbocycles. The summed E-state index contributed by atoms with van der Waals surface area (Å²) in [7, 11) is -1.17. The van der Waals surface area contributed by atoms with Crippen LogP contribution in [0.2, 0.25) is 25.7 Å². The highest BCUT2D eigenvalue weighted by molar-refractivity contribution is 9.10. The van der Waals surface area contributed by atoms with Crippen LogP contribution in [0.3, 0.4) is 0 Å². The van der Waals surface area contributed by atoms with Crippen molar-refractivity contribution in [2.75, 3.05) is 6.61 Å². The number of nitrogens with zero attached hydrogens (tertiary/aromatic N) is 3. The largest absolute Gasteiger partial charge is 0.478 e. The van der Waals surface area contributed by atoms with Gasteiger partial charge < -0.3 is 9.84 Å². The number of carboxylic acid groups (broad SMARTS) is 1. The van der Waals surface area contributed by atoms with Gasteiger partial charge in [0.15, 0.2) is 5.65 Å². The van der Waals surface area contributed by atoms with Gasteiger partial charge in [0.1, 0.15) is 16.9 Å². The van der Waals surface area contributed by atoms with Crippen LogP contribution in [0.25, 0.3) is 22.4 Å². The van der Waals surface area contributed by atoms with Gasteiger partial charge >= 0.3 is 5.97 Å². The van der Waals surface area contributed by atoms with Crippen molar-refractivity contribution >= 4 is 41.1 Å². The van der Waals surface area contributed by atoms with Gasteiger partial charge in [0.05, 0.1) is 17.5 Å². The van der Waals surface area contributed by atoms with Crippen molar-refractivity contribution in [3.05, 3.63) is 46.7 Å². The number of aromatic nitrogens is 3. The highest BCUT2D eigenvalue weighted by Crippen LogP contribution is 2.28. The highest BCUT2D eigenvalue weighted by Gasteiger charge is 2.16. The molecular formula is C19H22BrN3O3Si. The Bertz CT molecular complexity index is 982. The van der Waals surface area contributed by atoms with Crippen molar-refractivity contribution in [1.82, 2.24) is 14.5 Å². The Labute approximate surface area is 167 Å². The molecule has 0 saturated carbocycles. The summed E-state index contributed by atoms with van der Waals surface area (Å²) < 4.78 is 8.53. The van der Waals surface area contributed by atoms with Crippen molar-refractivity contribution in [1.29, 1.82) is 0 Å². The summed E-state index contributed by atoms with van der Waals surface area (Å²) in [6, 6.07) is 9.85.